The normalized spacial score (nSPS) is 32.6. The Bertz CT molecular complexity index is 406. The number of fused-ring (bicyclic) bond motifs is 1. The fraction of sp³-hybridized carbons (Fsp3) is 0.571. The van der Waals surface area contributed by atoms with Gasteiger partial charge in [-0.2, -0.15) is 0 Å². The van der Waals surface area contributed by atoms with Gasteiger partial charge < -0.3 is 5.11 Å². The summed E-state index contributed by atoms with van der Waals surface area (Å²) in [6, 6.07) is 0. The Kier molecular flexibility index (Phi) is 3.18. The van der Waals surface area contributed by atoms with E-state index in [9.17, 15) is 9.59 Å². The molecule has 0 heterocycles. The maximum atomic E-state index is 11.5. The van der Waals surface area contributed by atoms with Crippen LogP contribution in [0.15, 0.2) is 23.8 Å². The van der Waals surface area contributed by atoms with Crippen molar-refractivity contribution in [3.8, 4) is 0 Å². The van der Waals surface area contributed by atoms with Crippen LogP contribution in [0.3, 0.4) is 0 Å². The minimum absolute atomic E-state index is 0.00269. The lowest BCUT2D eigenvalue weighted by atomic mass is 9.87. The third-order valence-corrected chi connectivity index (χ3v) is 4.15. The second-order valence-corrected chi connectivity index (χ2v) is 5.28. The molecular formula is C14H18O3. The van der Waals surface area contributed by atoms with E-state index in [1.54, 1.807) is 6.08 Å². The lowest BCUT2D eigenvalue weighted by Gasteiger charge is -2.17. The molecule has 1 N–H and O–H groups in total. The van der Waals surface area contributed by atoms with E-state index in [2.05, 4.69) is 13.5 Å². The number of carbonyl (C=O) groups excluding carboxylic acids is 1. The number of aliphatic carboxylic acids is 1. The quantitative estimate of drug-likeness (QED) is 0.747. The molecule has 3 atom stereocenters. The predicted octanol–water partition coefficient (Wildman–Crippen LogP) is 2.58. The van der Waals surface area contributed by atoms with E-state index in [0.29, 0.717) is 24.7 Å². The number of hydrogen-bond donors (Lipinski definition) is 1. The number of carbonyl (C=O) groups is 2. The fourth-order valence-electron chi connectivity index (χ4n) is 3.02. The number of allylic oxidation sites excluding steroid dienone is 2. The molecule has 0 spiro atoms. The highest BCUT2D eigenvalue weighted by atomic mass is 16.4. The Morgan fingerprint density at radius 3 is 2.76 bits per heavy atom. The molecule has 0 unspecified atom stereocenters. The molecule has 0 saturated heterocycles. The maximum Gasteiger partial charge on any atom is 0.331 e. The zero-order valence-electron chi connectivity index (χ0n) is 10.1. The van der Waals surface area contributed by atoms with Gasteiger partial charge in [-0.15, -0.1) is 0 Å². The van der Waals surface area contributed by atoms with E-state index >= 15 is 0 Å². The van der Waals surface area contributed by atoms with Gasteiger partial charge in [0, 0.05) is 12.0 Å². The van der Waals surface area contributed by atoms with Gasteiger partial charge in [-0.25, -0.2) is 4.79 Å². The number of carboxylic acids is 1. The van der Waals surface area contributed by atoms with Gasteiger partial charge in [0.05, 0.1) is 0 Å². The zero-order valence-corrected chi connectivity index (χ0v) is 10.1. The van der Waals surface area contributed by atoms with Gasteiger partial charge >= 0.3 is 5.97 Å². The third-order valence-electron chi connectivity index (χ3n) is 4.15. The van der Waals surface area contributed by atoms with Crippen LogP contribution in [0.5, 0.6) is 0 Å². The van der Waals surface area contributed by atoms with Gasteiger partial charge in [0.15, 0.2) is 5.78 Å². The first-order valence-corrected chi connectivity index (χ1v) is 6.14. The second-order valence-electron chi connectivity index (χ2n) is 5.28. The van der Waals surface area contributed by atoms with Crippen molar-refractivity contribution in [2.24, 2.45) is 17.8 Å². The molecule has 0 aromatic carbocycles. The van der Waals surface area contributed by atoms with Gasteiger partial charge in [-0.3, -0.25) is 4.79 Å². The van der Waals surface area contributed by atoms with Crippen LogP contribution in [-0.4, -0.2) is 16.9 Å². The molecule has 0 bridgehead atoms. The Morgan fingerprint density at radius 2 is 2.12 bits per heavy atom. The standard InChI is InChI=1S/C14H18O3/c1-8-3-4-10(9(2)14(16)17)5-11-6-12(15)7-13(8)11/h6,8,10,13H,2-5,7H2,1H3,(H,16,17)/t8-,10+,13+/m0/s1. The number of hydrogen-bond acceptors (Lipinski definition) is 2. The second kappa shape index (κ2) is 4.47. The molecular weight excluding hydrogens is 216 g/mol. The van der Waals surface area contributed by atoms with E-state index in [1.807, 2.05) is 0 Å². The molecule has 0 aromatic rings. The van der Waals surface area contributed by atoms with Crippen molar-refractivity contribution < 1.29 is 14.7 Å². The summed E-state index contributed by atoms with van der Waals surface area (Å²) < 4.78 is 0. The van der Waals surface area contributed by atoms with Gasteiger partial charge in [0.1, 0.15) is 0 Å². The molecule has 1 fully saturated rings. The minimum atomic E-state index is -0.911. The Labute approximate surface area is 101 Å². The maximum absolute atomic E-state index is 11.5. The number of rotatable bonds is 2. The molecule has 2 aliphatic carbocycles. The lowest BCUT2D eigenvalue weighted by Crippen LogP contribution is -2.11. The van der Waals surface area contributed by atoms with Crippen LogP contribution in [0, 0.1) is 17.8 Å². The first-order chi connectivity index (χ1) is 7.99. The zero-order chi connectivity index (χ0) is 12.6. The van der Waals surface area contributed by atoms with Gasteiger partial charge in [-0.1, -0.05) is 19.1 Å². The average molecular weight is 234 g/mol. The molecule has 17 heavy (non-hydrogen) atoms. The number of ketones is 1. The van der Waals surface area contributed by atoms with Crippen molar-refractivity contribution in [2.75, 3.05) is 0 Å². The van der Waals surface area contributed by atoms with Crippen LogP contribution in [0.25, 0.3) is 0 Å². The van der Waals surface area contributed by atoms with E-state index in [4.69, 9.17) is 5.11 Å². The van der Waals surface area contributed by atoms with Crippen LogP contribution in [0.4, 0.5) is 0 Å². The summed E-state index contributed by atoms with van der Waals surface area (Å²) in [6.07, 6.45) is 4.89. The summed E-state index contributed by atoms with van der Waals surface area (Å²) >= 11 is 0. The number of carboxylic acid groups (broad SMARTS) is 1. The highest BCUT2D eigenvalue weighted by Crippen LogP contribution is 2.42. The molecule has 1 saturated carbocycles. The van der Waals surface area contributed by atoms with Crippen molar-refractivity contribution in [2.45, 2.75) is 32.6 Å². The molecule has 3 heteroatoms. The smallest absolute Gasteiger partial charge is 0.331 e. The monoisotopic (exact) mass is 234 g/mol. The molecule has 0 aliphatic heterocycles. The van der Waals surface area contributed by atoms with Gasteiger partial charge in [0.2, 0.25) is 0 Å². The summed E-state index contributed by atoms with van der Waals surface area (Å²) in [5.41, 5.74) is 1.44. The van der Waals surface area contributed by atoms with Crippen LogP contribution in [0.1, 0.15) is 32.6 Å². The lowest BCUT2D eigenvalue weighted by molar-refractivity contribution is -0.133. The molecule has 2 rings (SSSR count). The van der Waals surface area contributed by atoms with Crippen molar-refractivity contribution in [3.05, 3.63) is 23.8 Å². The molecule has 0 amide bonds. The Balaban J connectivity index is 2.20. The summed E-state index contributed by atoms with van der Waals surface area (Å²) in [6.45, 7) is 5.82. The van der Waals surface area contributed by atoms with Crippen molar-refractivity contribution in [3.63, 3.8) is 0 Å². The van der Waals surface area contributed by atoms with Gasteiger partial charge in [-0.05, 0) is 43.1 Å². The molecule has 3 nitrogen and oxygen atoms in total. The highest BCUT2D eigenvalue weighted by molar-refractivity contribution is 5.93. The molecule has 0 aromatic heterocycles. The summed E-state index contributed by atoms with van der Waals surface area (Å²) in [5, 5.41) is 9.00. The topological polar surface area (TPSA) is 54.4 Å². The first-order valence-electron chi connectivity index (χ1n) is 6.14. The van der Waals surface area contributed by atoms with Crippen LogP contribution in [-0.2, 0) is 9.59 Å². The van der Waals surface area contributed by atoms with Crippen molar-refractivity contribution >= 4 is 11.8 Å². The van der Waals surface area contributed by atoms with E-state index in [0.717, 1.165) is 18.4 Å². The summed E-state index contributed by atoms with van der Waals surface area (Å²) in [4.78, 5) is 22.4. The Morgan fingerprint density at radius 1 is 1.41 bits per heavy atom. The molecule has 92 valence electrons. The SMILES string of the molecule is C=C(C(=O)O)[C@@H]1CC[C@H](C)[C@H]2CC(=O)C=C2C1. The van der Waals surface area contributed by atoms with E-state index < -0.39 is 5.97 Å². The minimum Gasteiger partial charge on any atom is -0.478 e. The fourth-order valence-corrected chi connectivity index (χ4v) is 3.02. The average Bonchev–Trinajstić information content (AvgIpc) is 2.57. The van der Waals surface area contributed by atoms with Crippen LogP contribution in [0.2, 0.25) is 0 Å². The van der Waals surface area contributed by atoms with Crippen LogP contribution >= 0.6 is 0 Å². The van der Waals surface area contributed by atoms with E-state index in [-0.39, 0.29) is 17.3 Å². The molecule has 0 radical (unpaired) electrons. The molecule has 2 aliphatic rings. The van der Waals surface area contributed by atoms with Crippen molar-refractivity contribution in [1.29, 1.82) is 0 Å². The van der Waals surface area contributed by atoms with Crippen molar-refractivity contribution in [1.82, 2.24) is 0 Å². The summed E-state index contributed by atoms with van der Waals surface area (Å²) in [7, 11) is 0. The third kappa shape index (κ3) is 2.33. The predicted molar refractivity (Wildman–Crippen MR) is 64.5 cm³/mol. The largest absolute Gasteiger partial charge is 0.478 e. The van der Waals surface area contributed by atoms with Gasteiger partial charge in [0.25, 0.3) is 0 Å². The summed E-state index contributed by atoms with van der Waals surface area (Å²) in [5.74, 6) is 0.0925. The first kappa shape index (κ1) is 12.1. The van der Waals surface area contributed by atoms with Crippen LogP contribution < -0.4 is 0 Å². The van der Waals surface area contributed by atoms with E-state index in [1.165, 1.54) is 0 Å². The Hall–Kier alpha value is -1.38. The highest BCUT2D eigenvalue weighted by Gasteiger charge is 2.35.